The van der Waals surface area contributed by atoms with E-state index in [1.807, 2.05) is 6.92 Å². The molecule has 0 radical (unpaired) electrons. The van der Waals surface area contributed by atoms with E-state index in [2.05, 4.69) is 10.2 Å². The Morgan fingerprint density at radius 1 is 1.20 bits per heavy atom. The van der Waals surface area contributed by atoms with Crippen molar-refractivity contribution in [3.8, 4) is 0 Å². The van der Waals surface area contributed by atoms with Crippen LogP contribution in [0, 0.1) is 0 Å². The molecule has 2 amide bonds. The van der Waals surface area contributed by atoms with E-state index in [4.69, 9.17) is 9.94 Å². The molecule has 0 spiro atoms. The first-order valence-corrected chi connectivity index (χ1v) is 12.1. The van der Waals surface area contributed by atoms with Gasteiger partial charge in [-0.1, -0.05) is 19.8 Å². The van der Waals surface area contributed by atoms with Gasteiger partial charge in [-0.05, 0) is 19.3 Å². The quantitative estimate of drug-likeness (QED) is 0.201. The van der Waals surface area contributed by atoms with Gasteiger partial charge in [0.25, 0.3) is 16.1 Å². The molecule has 2 aliphatic rings. The number of morpholine rings is 1. The first-order valence-electron chi connectivity index (χ1n) is 10.7. The zero-order chi connectivity index (χ0) is 22.0. The van der Waals surface area contributed by atoms with E-state index in [9.17, 15) is 18.0 Å². The molecule has 0 aliphatic carbocycles. The third kappa shape index (κ3) is 7.13. The van der Waals surface area contributed by atoms with Crippen LogP contribution in [0.5, 0.6) is 0 Å². The van der Waals surface area contributed by atoms with Crippen molar-refractivity contribution in [3.63, 3.8) is 0 Å². The Hall–Kier alpha value is -1.31. The van der Waals surface area contributed by atoms with Gasteiger partial charge >= 0.3 is 0 Å². The second-order valence-corrected chi connectivity index (χ2v) is 9.48. The predicted octanol–water partition coefficient (Wildman–Crippen LogP) is -0.858. The normalized spacial score (nSPS) is 21.1. The lowest BCUT2D eigenvalue weighted by Crippen LogP contribution is -2.53. The van der Waals surface area contributed by atoms with Gasteiger partial charge in [0, 0.05) is 39.3 Å². The average molecular weight is 450 g/mol. The van der Waals surface area contributed by atoms with E-state index in [-0.39, 0.29) is 19.0 Å². The molecule has 0 bridgehead atoms. The van der Waals surface area contributed by atoms with Crippen LogP contribution in [0.1, 0.15) is 39.0 Å². The van der Waals surface area contributed by atoms with Crippen LogP contribution in [0.4, 0.5) is 0 Å². The third-order valence-electron chi connectivity index (χ3n) is 5.42. The van der Waals surface area contributed by atoms with E-state index >= 15 is 0 Å². The van der Waals surface area contributed by atoms with Gasteiger partial charge in [-0.15, -0.1) is 0 Å². The van der Waals surface area contributed by atoms with Crippen LogP contribution in [-0.4, -0.2) is 104 Å². The topological polar surface area (TPSA) is 132 Å². The highest BCUT2D eigenvalue weighted by Crippen LogP contribution is 2.24. The summed E-state index contributed by atoms with van der Waals surface area (Å²) in [6, 6.07) is -0.787. The summed E-state index contributed by atoms with van der Waals surface area (Å²) in [5, 5.41) is 11.7. The number of nitrogens with zero attached hydrogens (tertiary/aromatic N) is 3. The van der Waals surface area contributed by atoms with Crippen molar-refractivity contribution in [1.29, 1.82) is 0 Å². The number of rotatable bonds is 12. The van der Waals surface area contributed by atoms with Gasteiger partial charge < -0.3 is 10.1 Å². The maximum Gasteiger partial charge on any atom is 0.283 e. The molecule has 30 heavy (non-hydrogen) atoms. The summed E-state index contributed by atoms with van der Waals surface area (Å²) in [5.74, 6) is -1.12. The second kappa shape index (κ2) is 12.5. The number of unbranched alkanes of at least 4 members (excludes halogenated alkanes) is 2. The molecule has 0 aromatic carbocycles. The van der Waals surface area contributed by atoms with Gasteiger partial charge in [0.2, 0.25) is 5.91 Å². The number of ether oxygens (including phenoxy) is 1. The first kappa shape index (κ1) is 25.0. The fraction of sp³-hybridized carbons (Fsp3) is 0.889. The van der Waals surface area contributed by atoms with Crippen molar-refractivity contribution in [3.05, 3.63) is 0 Å². The lowest BCUT2D eigenvalue weighted by atomic mass is 10.2. The van der Waals surface area contributed by atoms with Gasteiger partial charge in [-0.25, -0.2) is 5.48 Å². The number of hydrogen-bond donors (Lipinski definition) is 3. The Balaban J connectivity index is 1.98. The van der Waals surface area contributed by atoms with Crippen molar-refractivity contribution in [1.82, 2.24) is 24.3 Å². The highest BCUT2D eigenvalue weighted by molar-refractivity contribution is 7.86. The Labute approximate surface area is 178 Å². The molecule has 2 rings (SSSR count). The number of hydroxylamine groups is 1. The number of hydrogen-bond acceptors (Lipinski definition) is 7. The third-order valence-corrected chi connectivity index (χ3v) is 7.41. The van der Waals surface area contributed by atoms with Crippen molar-refractivity contribution < 1.29 is 28.0 Å². The van der Waals surface area contributed by atoms with Gasteiger partial charge in [-0.3, -0.25) is 19.7 Å². The van der Waals surface area contributed by atoms with Gasteiger partial charge in [0.05, 0.1) is 19.8 Å². The Kier molecular flexibility index (Phi) is 10.4. The van der Waals surface area contributed by atoms with Crippen molar-refractivity contribution in [2.24, 2.45) is 0 Å². The van der Waals surface area contributed by atoms with Crippen LogP contribution in [-0.2, 0) is 24.5 Å². The van der Waals surface area contributed by atoms with Crippen LogP contribution in [0.25, 0.3) is 0 Å². The SMILES string of the molecule is CCCCCN(CC(=O)NO)S(=O)(=O)N1CCCC1C(=O)NCCN1CCOCC1. The van der Waals surface area contributed by atoms with Crippen LogP contribution in [0.15, 0.2) is 0 Å². The number of nitrogens with one attached hydrogen (secondary N) is 2. The summed E-state index contributed by atoms with van der Waals surface area (Å²) < 4.78 is 33.9. The van der Waals surface area contributed by atoms with Crippen LogP contribution >= 0.6 is 0 Å². The summed E-state index contributed by atoms with van der Waals surface area (Å²) in [6.07, 6.45) is 3.34. The lowest BCUT2D eigenvalue weighted by molar-refractivity contribution is -0.129. The van der Waals surface area contributed by atoms with E-state index in [0.717, 1.165) is 30.2 Å². The lowest BCUT2D eigenvalue weighted by Gasteiger charge is -2.30. The Morgan fingerprint density at radius 3 is 2.60 bits per heavy atom. The largest absolute Gasteiger partial charge is 0.379 e. The van der Waals surface area contributed by atoms with E-state index < -0.39 is 28.7 Å². The van der Waals surface area contributed by atoms with E-state index in [1.54, 1.807) is 0 Å². The minimum atomic E-state index is -4.02. The van der Waals surface area contributed by atoms with Crippen molar-refractivity contribution >= 4 is 22.0 Å². The Morgan fingerprint density at radius 2 is 1.93 bits per heavy atom. The highest BCUT2D eigenvalue weighted by atomic mass is 32.2. The molecule has 12 heteroatoms. The fourth-order valence-corrected chi connectivity index (χ4v) is 5.54. The first-order chi connectivity index (χ1) is 14.4. The Bertz CT molecular complexity index is 655. The zero-order valence-corrected chi connectivity index (χ0v) is 18.5. The molecule has 3 N–H and O–H groups in total. The molecular weight excluding hydrogens is 414 g/mol. The summed E-state index contributed by atoms with van der Waals surface area (Å²) in [6.45, 7) is 6.03. The minimum Gasteiger partial charge on any atom is -0.379 e. The fourth-order valence-electron chi connectivity index (χ4n) is 3.72. The van der Waals surface area contributed by atoms with E-state index in [0.29, 0.717) is 45.6 Å². The highest BCUT2D eigenvalue weighted by Gasteiger charge is 2.41. The number of carbonyl (C=O) groups is 2. The molecule has 1 atom stereocenters. The van der Waals surface area contributed by atoms with Crippen LogP contribution in [0.3, 0.4) is 0 Å². The molecule has 11 nitrogen and oxygen atoms in total. The van der Waals surface area contributed by atoms with Gasteiger partial charge in [-0.2, -0.15) is 17.0 Å². The van der Waals surface area contributed by atoms with Crippen molar-refractivity contribution in [2.45, 2.75) is 45.1 Å². The molecule has 2 aliphatic heterocycles. The number of amides is 2. The molecule has 0 aromatic rings. The van der Waals surface area contributed by atoms with E-state index in [1.165, 1.54) is 9.79 Å². The molecule has 174 valence electrons. The van der Waals surface area contributed by atoms with Crippen molar-refractivity contribution in [2.75, 3.05) is 59.0 Å². The summed E-state index contributed by atoms with van der Waals surface area (Å²) in [7, 11) is -4.02. The summed E-state index contributed by atoms with van der Waals surface area (Å²) >= 11 is 0. The van der Waals surface area contributed by atoms with Gasteiger partial charge in [0.1, 0.15) is 6.04 Å². The maximum absolute atomic E-state index is 13.2. The summed E-state index contributed by atoms with van der Waals surface area (Å²) in [5.41, 5.74) is 1.49. The molecule has 2 heterocycles. The molecule has 2 fully saturated rings. The second-order valence-electron chi connectivity index (χ2n) is 7.60. The zero-order valence-electron chi connectivity index (χ0n) is 17.7. The van der Waals surface area contributed by atoms with Crippen LogP contribution in [0.2, 0.25) is 0 Å². The van der Waals surface area contributed by atoms with Gasteiger partial charge in [0.15, 0.2) is 0 Å². The average Bonchev–Trinajstić information content (AvgIpc) is 3.24. The smallest absolute Gasteiger partial charge is 0.283 e. The molecule has 0 saturated carbocycles. The molecule has 0 aromatic heterocycles. The molecule has 2 saturated heterocycles. The van der Waals surface area contributed by atoms with Crippen LogP contribution < -0.4 is 10.8 Å². The number of carbonyl (C=O) groups excluding carboxylic acids is 2. The monoisotopic (exact) mass is 449 g/mol. The minimum absolute atomic E-state index is 0.158. The standard InChI is InChI=1S/C18H35N5O6S/c1-2-3-4-8-22(15-17(24)20-26)30(27,28)23-9-5-6-16(23)18(25)19-7-10-21-11-13-29-14-12-21/h16,26H,2-15H2,1H3,(H,19,25)(H,20,24). The summed E-state index contributed by atoms with van der Waals surface area (Å²) in [4.78, 5) is 26.5. The molecule has 1 unspecified atom stereocenters. The maximum atomic E-state index is 13.2. The predicted molar refractivity (Wildman–Crippen MR) is 110 cm³/mol. The molecular formula is C18H35N5O6S.